The van der Waals surface area contributed by atoms with E-state index in [1.807, 2.05) is 0 Å². The number of morpholine rings is 1. The van der Waals surface area contributed by atoms with Crippen molar-refractivity contribution < 1.29 is 4.74 Å². The zero-order chi connectivity index (χ0) is 8.43. The average molecular weight is 157 g/mol. The largest absolute Gasteiger partial charge is 0.376 e. The van der Waals surface area contributed by atoms with Gasteiger partial charge in [-0.1, -0.05) is 0 Å². The molecule has 0 aliphatic carbocycles. The van der Waals surface area contributed by atoms with Crippen LogP contribution in [0.2, 0.25) is 0 Å². The minimum atomic E-state index is 0.411. The van der Waals surface area contributed by atoms with Crippen molar-refractivity contribution >= 4 is 0 Å². The fourth-order valence-electron chi connectivity index (χ4n) is 1.65. The van der Waals surface area contributed by atoms with Crippen LogP contribution in [0.15, 0.2) is 0 Å². The highest BCUT2D eigenvalue weighted by molar-refractivity contribution is 4.77. The van der Waals surface area contributed by atoms with E-state index in [1.54, 1.807) is 0 Å². The average Bonchev–Trinajstić information content (AvgIpc) is 1.94. The van der Waals surface area contributed by atoms with E-state index in [-0.39, 0.29) is 0 Å². The summed E-state index contributed by atoms with van der Waals surface area (Å²) in [7, 11) is 0. The highest BCUT2D eigenvalue weighted by atomic mass is 16.5. The predicted molar refractivity (Wildman–Crippen MR) is 46.7 cm³/mol. The maximum Gasteiger partial charge on any atom is 0.0674 e. The van der Waals surface area contributed by atoms with E-state index < -0.39 is 0 Å². The van der Waals surface area contributed by atoms with Crippen molar-refractivity contribution in [3.05, 3.63) is 0 Å². The van der Waals surface area contributed by atoms with Crippen LogP contribution in [0.5, 0.6) is 0 Å². The van der Waals surface area contributed by atoms with Gasteiger partial charge in [-0.15, -0.1) is 0 Å². The van der Waals surface area contributed by atoms with Gasteiger partial charge < -0.3 is 4.74 Å². The first-order valence-corrected chi connectivity index (χ1v) is 4.48. The van der Waals surface area contributed by atoms with Gasteiger partial charge in [-0.3, -0.25) is 4.90 Å². The molecular weight excluding hydrogens is 138 g/mol. The lowest BCUT2D eigenvalue weighted by Gasteiger charge is -2.39. The van der Waals surface area contributed by atoms with E-state index in [9.17, 15) is 0 Å². The van der Waals surface area contributed by atoms with Crippen molar-refractivity contribution in [1.29, 1.82) is 0 Å². The molecule has 0 unspecified atom stereocenters. The van der Waals surface area contributed by atoms with Crippen LogP contribution >= 0.6 is 0 Å². The Hall–Kier alpha value is -0.0800. The summed E-state index contributed by atoms with van der Waals surface area (Å²) in [6.45, 7) is 10.8. The highest BCUT2D eigenvalue weighted by Crippen LogP contribution is 2.13. The maximum absolute atomic E-state index is 5.53. The monoisotopic (exact) mass is 157 g/mol. The third-order valence-corrected chi connectivity index (χ3v) is 2.32. The van der Waals surface area contributed by atoms with Gasteiger partial charge in [-0.25, -0.2) is 0 Å². The normalized spacial score (nSPS) is 34.6. The van der Waals surface area contributed by atoms with Gasteiger partial charge in [0.15, 0.2) is 0 Å². The van der Waals surface area contributed by atoms with Crippen LogP contribution in [0.4, 0.5) is 0 Å². The SMILES string of the molecule is CC(C)N1C[C@@H](C)OC[C@H]1C. The summed E-state index contributed by atoms with van der Waals surface area (Å²) in [5, 5.41) is 0. The van der Waals surface area contributed by atoms with Crippen LogP contribution in [0, 0.1) is 0 Å². The van der Waals surface area contributed by atoms with Crippen molar-refractivity contribution in [2.24, 2.45) is 0 Å². The second kappa shape index (κ2) is 3.55. The van der Waals surface area contributed by atoms with E-state index in [4.69, 9.17) is 4.74 Å². The molecule has 2 nitrogen and oxygen atoms in total. The number of hydrogen-bond donors (Lipinski definition) is 0. The highest BCUT2D eigenvalue weighted by Gasteiger charge is 2.24. The van der Waals surface area contributed by atoms with Crippen LogP contribution in [-0.4, -0.2) is 36.2 Å². The minimum absolute atomic E-state index is 0.411. The molecule has 0 aromatic carbocycles. The third-order valence-electron chi connectivity index (χ3n) is 2.32. The Morgan fingerprint density at radius 1 is 1.36 bits per heavy atom. The molecule has 1 fully saturated rings. The quantitative estimate of drug-likeness (QED) is 0.572. The molecule has 1 saturated heterocycles. The molecular formula is C9H19NO. The Balaban J connectivity index is 2.47. The standard InChI is InChI=1S/C9H19NO/c1-7(2)10-5-9(4)11-6-8(10)3/h7-9H,5-6H2,1-4H3/t8-,9-/m1/s1. The van der Waals surface area contributed by atoms with Crippen LogP contribution in [0.3, 0.4) is 0 Å². The lowest BCUT2D eigenvalue weighted by atomic mass is 10.1. The fraction of sp³-hybridized carbons (Fsp3) is 1.00. The summed E-state index contributed by atoms with van der Waals surface area (Å²) in [4.78, 5) is 2.49. The number of rotatable bonds is 1. The zero-order valence-electron chi connectivity index (χ0n) is 8.00. The second-order valence-electron chi connectivity index (χ2n) is 3.78. The third kappa shape index (κ3) is 2.17. The van der Waals surface area contributed by atoms with E-state index >= 15 is 0 Å². The molecule has 0 spiro atoms. The molecule has 0 aromatic heterocycles. The van der Waals surface area contributed by atoms with Gasteiger partial charge in [0.1, 0.15) is 0 Å². The van der Waals surface area contributed by atoms with E-state index in [1.165, 1.54) is 0 Å². The van der Waals surface area contributed by atoms with E-state index in [0.717, 1.165) is 13.2 Å². The van der Waals surface area contributed by atoms with Gasteiger partial charge in [-0.05, 0) is 27.7 Å². The van der Waals surface area contributed by atoms with Crippen molar-refractivity contribution in [2.45, 2.75) is 45.9 Å². The van der Waals surface area contributed by atoms with Crippen molar-refractivity contribution in [2.75, 3.05) is 13.2 Å². The first-order valence-electron chi connectivity index (χ1n) is 4.48. The predicted octanol–water partition coefficient (Wildman–Crippen LogP) is 1.50. The summed E-state index contributed by atoms with van der Waals surface area (Å²) < 4.78 is 5.53. The summed E-state index contributed by atoms with van der Waals surface area (Å²) in [5.41, 5.74) is 0. The Labute approximate surface area is 69.5 Å². The molecule has 0 radical (unpaired) electrons. The maximum atomic E-state index is 5.53. The molecule has 0 bridgehead atoms. The number of ether oxygens (including phenoxy) is 1. The smallest absolute Gasteiger partial charge is 0.0674 e. The lowest BCUT2D eigenvalue weighted by Crippen LogP contribution is -2.50. The molecule has 0 saturated carbocycles. The van der Waals surface area contributed by atoms with E-state index in [2.05, 4.69) is 32.6 Å². The molecule has 66 valence electrons. The topological polar surface area (TPSA) is 12.5 Å². The zero-order valence-corrected chi connectivity index (χ0v) is 8.00. The first-order chi connectivity index (χ1) is 5.11. The van der Waals surface area contributed by atoms with Crippen LogP contribution in [0.25, 0.3) is 0 Å². The van der Waals surface area contributed by atoms with Crippen molar-refractivity contribution in [3.8, 4) is 0 Å². The Kier molecular flexibility index (Phi) is 2.90. The van der Waals surface area contributed by atoms with Crippen LogP contribution < -0.4 is 0 Å². The Bertz CT molecular complexity index is 125. The molecule has 1 rings (SSSR count). The molecule has 0 amide bonds. The lowest BCUT2D eigenvalue weighted by molar-refractivity contribution is -0.0607. The molecule has 2 atom stereocenters. The van der Waals surface area contributed by atoms with Gasteiger partial charge >= 0.3 is 0 Å². The van der Waals surface area contributed by atoms with E-state index in [0.29, 0.717) is 18.2 Å². The summed E-state index contributed by atoms with van der Waals surface area (Å²) >= 11 is 0. The van der Waals surface area contributed by atoms with Gasteiger partial charge in [0.05, 0.1) is 12.7 Å². The summed E-state index contributed by atoms with van der Waals surface area (Å²) in [6.07, 6.45) is 0.411. The van der Waals surface area contributed by atoms with Gasteiger partial charge in [0, 0.05) is 18.6 Å². The van der Waals surface area contributed by atoms with Gasteiger partial charge in [0.25, 0.3) is 0 Å². The Morgan fingerprint density at radius 2 is 2.00 bits per heavy atom. The molecule has 2 heteroatoms. The molecule has 0 aromatic rings. The fourth-order valence-corrected chi connectivity index (χ4v) is 1.65. The van der Waals surface area contributed by atoms with Crippen molar-refractivity contribution in [3.63, 3.8) is 0 Å². The number of nitrogens with zero attached hydrogens (tertiary/aromatic N) is 1. The molecule has 1 aliphatic rings. The minimum Gasteiger partial charge on any atom is -0.376 e. The Morgan fingerprint density at radius 3 is 2.45 bits per heavy atom. The van der Waals surface area contributed by atoms with Gasteiger partial charge in [0.2, 0.25) is 0 Å². The second-order valence-corrected chi connectivity index (χ2v) is 3.78. The number of hydrogen-bond acceptors (Lipinski definition) is 2. The molecule has 0 N–H and O–H groups in total. The van der Waals surface area contributed by atoms with Crippen LogP contribution in [0.1, 0.15) is 27.7 Å². The molecule has 1 heterocycles. The summed E-state index contributed by atoms with van der Waals surface area (Å²) in [5.74, 6) is 0. The molecule has 11 heavy (non-hydrogen) atoms. The molecule has 1 aliphatic heterocycles. The van der Waals surface area contributed by atoms with Gasteiger partial charge in [-0.2, -0.15) is 0 Å². The van der Waals surface area contributed by atoms with Crippen LogP contribution in [-0.2, 0) is 4.74 Å². The summed E-state index contributed by atoms with van der Waals surface area (Å²) in [6, 6.07) is 1.24. The van der Waals surface area contributed by atoms with Crippen molar-refractivity contribution in [1.82, 2.24) is 4.90 Å². The first kappa shape index (κ1) is 9.01.